The molecule has 2 aromatic heterocycles. The van der Waals surface area contributed by atoms with E-state index in [-0.39, 0.29) is 11.3 Å². The van der Waals surface area contributed by atoms with Crippen molar-refractivity contribution >= 4 is 5.91 Å². The van der Waals surface area contributed by atoms with Gasteiger partial charge in [-0.25, -0.2) is 0 Å². The number of hydrogen-bond donors (Lipinski definition) is 1. The molecular formula is C15H20N4O2. The van der Waals surface area contributed by atoms with Gasteiger partial charge in [-0.2, -0.15) is 5.10 Å². The Balaban J connectivity index is 1.78. The van der Waals surface area contributed by atoms with Crippen LogP contribution in [0.5, 0.6) is 0 Å². The van der Waals surface area contributed by atoms with Crippen molar-refractivity contribution in [2.75, 3.05) is 13.1 Å². The van der Waals surface area contributed by atoms with Crippen molar-refractivity contribution in [2.24, 2.45) is 0 Å². The number of nitrogens with zero attached hydrogens (tertiary/aromatic N) is 3. The number of nitrogens with one attached hydrogen (secondary N) is 1. The van der Waals surface area contributed by atoms with E-state index in [2.05, 4.69) is 22.3 Å². The number of aromatic amines is 1. The Bertz CT molecular complexity index is 619. The van der Waals surface area contributed by atoms with E-state index < -0.39 is 0 Å². The van der Waals surface area contributed by atoms with Gasteiger partial charge < -0.3 is 9.42 Å². The smallest absolute Gasteiger partial charge is 0.292 e. The molecule has 3 rings (SSSR count). The molecule has 0 aliphatic carbocycles. The van der Waals surface area contributed by atoms with Crippen molar-refractivity contribution in [3.8, 4) is 0 Å². The molecule has 0 unspecified atom stereocenters. The summed E-state index contributed by atoms with van der Waals surface area (Å²) in [5.41, 5.74) is 1.80. The van der Waals surface area contributed by atoms with Gasteiger partial charge >= 0.3 is 0 Å². The predicted molar refractivity (Wildman–Crippen MR) is 77.0 cm³/mol. The summed E-state index contributed by atoms with van der Waals surface area (Å²) in [7, 11) is 0. The van der Waals surface area contributed by atoms with Crippen molar-refractivity contribution in [1.29, 1.82) is 0 Å². The van der Waals surface area contributed by atoms with E-state index in [1.54, 1.807) is 12.3 Å². The molecule has 6 nitrogen and oxygen atoms in total. The lowest BCUT2D eigenvalue weighted by Gasteiger charge is -2.39. The first-order chi connectivity index (χ1) is 10.1. The van der Waals surface area contributed by atoms with Crippen molar-refractivity contribution in [2.45, 2.75) is 38.5 Å². The highest BCUT2D eigenvalue weighted by Crippen LogP contribution is 2.32. The second kappa shape index (κ2) is 5.35. The average Bonchev–Trinajstić information content (AvgIpc) is 3.18. The van der Waals surface area contributed by atoms with Crippen LogP contribution in [0.25, 0.3) is 0 Å². The third-order valence-electron chi connectivity index (χ3n) is 4.27. The van der Waals surface area contributed by atoms with Gasteiger partial charge in [-0.15, -0.1) is 0 Å². The number of likely N-dealkylation sites (tertiary alicyclic amines) is 1. The summed E-state index contributed by atoms with van der Waals surface area (Å²) in [6.07, 6.45) is 4.53. The van der Waals surface area contributed by atoms with Crippen LogP contribution in [0.2, 0.25) is 0 Å². The Morgan fingerprint density at radius 3 is 3.10 bits per heavy atom. The van der Waals surface area contributed by atoms with Crippen LogP contribution >= 0.6 is 0 Å². The minimum absolute atomic E-state index is 0.0763. The number of carbonyl (C=O) groups excluding carboxylic acids is 1. The number of amides is 1. The molecular weight excluding hydrogens is 268 g/mol. The highest BCUT2D eigenvalue weighted by atomic mass is 16.5. The first-order valence-corrected chi connectivity index (χ1v) is 7.37. The zero-order chi connectivity index (χ0) is 14.9. The fourth-order valence-electron chi connectivity index (χ4n) is 2.96. The van der Waals surface area contributed by atoms with E-state index in [4.69, 9.17) is 4.52 Å². The van der Waals surface area contributed by atoms with Crippen LogP contribution in [0, 0.1) is 0 Å². The van der Waals surface area contributed by atoms with E-state index in [9.17, 15) is 4.79 Å². The average molecular weight is 288 g/mol. The third kappa shape index (κ3) is 2.57. The topological polar surface area (TPSA) is 75.0 Å². The Labute approximate surface area is 123 Å². The lowest BCUT2D eigenvalue weighted by atomic mass is 9.79. The summed E-state index contributed by atoms with van der Waals surface area (Å²) in [6, 6.07) is 3.72. The van der Waals surface area contributed by atoms with Crippen molar-refractivity contribution in [1.82, 2.24) is 20.3 Å². The molecule has 21 heavy (non-hydrogen) atoms. The molecule has 1 amide bonds. The zero-order valence-electron chi connectivity index (χ0n) is 12.4. The second-order valence-electron chi connectivity index (χ2n) is 5.90. The maximum Gasteiger partial charge on any atom is 0.292 e. The van der Waals surface area contributed by atoms with Gasteiger partial charge in [-0.1, -0.05) is 19.0 Å². The molecule has 0 radical (unpaired) electrons. The number of hydrogen-bond acceptors (Lipinski definition) is 4. The molecule has 0 spiro atoms. The highest BCUT2D eigenvalue weighted by Gasteiger charge is 2.36. The van der Waals surface area contributed by atoms with Crippen molar-refractivity contribution in [3.63, 3.8) is 0 Å². The molecule has 6 heteroatoms. The van der Waals surface area contributed by atoms with E-state index >= 15 is 0 Å². The van der Waals surface area contributed by atoms with Crippen LogP contribution in [-0.4, -0.2) is 39.3 Å². The molecule has 3 heterocycles. The Morgan fingerprint density at radius 2 is 2.43 bits per heavy atom. The number of piperidine rings is 1. The maximum absolute atomic E-state index is 12.6. The fourth-order valence-corrected chi connectivity index (χ4v) is 2.96. The summed E-state index contributed by atoms with van der Waals surface area (Å²) >= 11 is 0. The minimum Gasteiger partial charge on any atom is -0.351 e. The lowest BCUT2D eigenvalue weighted by Crippen LogP contribution is -2.47. The third-order valence-corrected chi connectivity index (χ3v) is 4.27. The van der Waals surface area contributed by atoms with E-state index in [0.29, 0.717) is 12.3 Å². The summed E-state index contributed by atoms with van der Waals surface area (Å²) in [5.74, 6) is 0.258. The van der Waals surface area contributed by atoms with Gasteiger partial charge in [0.05, 0.1) is 5.69 Å². The van der Waals surface area contributed by atoms with E-state index in [0.717, 1.165) is 37.2 Å². The number of aromatic nitrogens is 3. The Hall–Kier alpha value is -2.11. The normalized spacial score (nSPS) is 22.5. The minimum atomic E-state index is -0.0853. The van der Waals surface area contributed by atoms with E-state index in [1.165, 1.54) is 0 Å². The number of aryl methyl sites for hydroxylation is 1. The van der Waals surface area contributed by atoms with Gasteiger partial charge in [0, 0.05) is 36.5 Å². The van der Waals surface area contributed by atoms with Crippen LogP contribution in [-0.2, 0) is 11.8 Å². The second-order valence-corrected chi connectivity index (χ2v) is 5.90. The van der Waals surface area contributed by atoms with Crippen LogP contribution in [0.4, 0.5) is 0 Å². The van der Waals surface area contributed by atoms with Gasteiger partial charge in [0.2, 0.25) is 5.76 Å². The summed E-state index contributed by atoms with van der Waals surface area (Å²) in [6.45, 7) is 5.57. The maximum atomic E-state index is 12.6. The quantitative estimate of drug-likeness (QED) is 0.939. The van der Waals surface area contributed by atoms with Gasteiger partial charge in [-0.05, 0) is 25.3 Å². The van der Waals surface area contributed by atoms with Gasteiger partial charge in [0.25, 0.3) is 5.91 Å². The van der Waals surface area contributed by atoms with Crippen LogP contribution < -0.4 is 0 Å². The largest absolute Gasteiger partial charge is 0.351 e. The fraction of sp³-hybridized carbons (Fsp3) is 0.533. The van der Waals surface area contributed by atoms with Crippen LogP contribution in [0.1, 0.15) is 48.6 Å². The van der Waals surface area contributed by atoms with Gasteiger partial charge in [0.15, 0.2) is 0 Å². The van der Waals surface area contributed by atoms with E-state index in [1.807, 2.05) is 17.9 Å². The SMILES string of the molecule is CCc1cc(C(=O)N2CCC[C@](C)(c3ccn[nH]3)C2)on1. The molecule has 1 aliphatic rings. The molecule has 1 N–H and O–H groups in total. The molecule has 2 aromatic rings. The highest BCUT2D eigenvalue weighted by molar-refractivity contribution is 5.91. The summed E-state index contributed by atoms with van der Waals surface area (Å²) in [5, 5.41) is 11.0. The molecule has 1 aliphatic heterocycles. The Kier molecular flexibility index (Phi) is 3.53. The summed E-state index contributed by atoms with van der Waals surface area (Å²) < 4.78 is 5.17. The first-order valence-electron chi connectivity index (χ1n) is 7.37. The van der Waals surface area contributed by atoms with Crippen molar-refractivity contribution < 1.29 is 9.32 Å². The molecule has 0 saturated carbocycles. The van der Waals surface area contributed by atoms with Crippen molar-refractivity contribution in [3.05, 3.63) is 35.5 Å². The van der Waals surface area contributed by atoms with Crippen LogP contribution in [0.15, 0.2) is 22.9 Å². The number of carbonyl (C=O) groups is 1. The lowest BCUT2D eigenvalue weighted by molar-refractivity contribution is 0.0606. The molecule has 112 valence electrons. The molecule has 0 aromatic carbocycles. The standard InChI is InChI=1S/C15H20N4O2/c1-3-11-9-12(21-18-11)14(20)19-8-4-6-15(2,10-19)13-5-7-16-17-13/h5,7,9H,3-4,6,8,10H2,1-2H3,(H,16,17)/t15-/m0/s1. The Morgan fingerprint density at radius 1 is 1.57 bits per heavy atom. The van der Waals surface area contributed by atoms with Gasteiger partial charge in [-0.3, -0.25) is 9.89 Å². The first kappa shape index (κ1) is 13.9. The molecule has 1 atom stereocenters. The van der Waals surface area contributed by atoms with Crippen LogP contribution in [0.3, 0.4) is 0 Å². The number of rotatable bonds is 3. The monoisotopic (exact) mass is 288 g/mol. The molecule has 1 fully saturated rings. The number of H-pyrrole nitrogens is 1. The molecule has 0 bridgehead atoms. The molecule has 1 saturated heterocycles. The summed E-state index contributed by atoms with van der Waals surface area (Å²) in [4.78, 5) is 14.4. The zero-order valence-corrected chi connectivity index (χ0v) is 12.4. The van der Waals surface area contributed by atoms with Gasteiger partial charge in [0.1, 0.15) is 0 Å². The predicted octanol–water partition coefficient (Wildman–Crippen LogP) is 2.15.